The summed E-state index contributed by atoms with van der Waals surface area (Å²) in [5, 5.41) is 14.2. The van der Waals surface area contributed by atoms with Gasteiger partial charge in [-0.1, -0.05) is 66.7 Å². The van der Waals surface area contributed by atoms with Gasteiger partial charge in [-0.25, -0.2) is 0 Å². The van der Waals surface area contributed by atoms with Crippen molar-refractivity contribution >= 4 is 59.5 Å². The SMILES string of the molecule is C/N=C\c1ccc(-c2ccc3c(c2)sc2cc(C#N)ccc23)c(-n2c3ccccc3c3ccccc32)c1. The van der Waals surface area contributed by atoms with Gasteiger partial charge in [0.05, 0.1) is 28.4 Å². The van der Waals surface area contributed by atoms with Crippen LogP contribution in [0.3, 0.4) is 0 Å². The number of thiophene rings is 1. The van der Waals surface area contributed by atoms with Crippen LogP contribution < -0.4 is 0 Å². The molecule has 0 aliphatic heterocycles. The monoisotopic (exact) mass is 491 g/mol. The summed E-state index contributed by atoms with van der Waals surface area (Å²) in [5.41, 5.74) is 7.58. The number of fused-ring (bicyclic) bond motifs is 6. The average Bonchev–Trinajstić information content (AvgIpc) is 3.47. The number of aromatic nitrogens is 1. The molecule has 0 N–H and O–H groups in total. The summed E-state index contributed by atoms with van der Waals surface area (Å²) >= 11 is 1.74. The lowest BCUT2D eigenvalue weighted by Crippen LogP contribution is -1.99. The van der Waals surface area contributed by atoms with E-state index in [0.717, 1.165) is 27.1 Å². The topological polar surface area (TPSA) is 41.1 Å². The fourth-order valence-electron chi connectivity index (χ4n) is 5.40. The third kappa shape index (κ3) is 3.36. The molecule has 0 aliphatic carbocycles. The van der Waals surface area contributed by atoms with E-state index in [1.54, 1.807) is 18.4 Å². The third-order valence-corrected chi connectivity index (χ3v) is 8.15. The molecular weight excluding hydrogens is 470 g/mol. The molecule has 0 saturated heterocycles. The number of nitrogens with zero attached hydrogens (tertiary/aromatic N) is 3. The highest BCUT2D eigenvalue weighted by molar-refractivity contribution is 7.25. The van der Waals surface area contributed by atoms with Crippen molar-refractivity contribution in [2.75, 3.05) is 7.05 Å². The normalized spacial score (nSPS) is 11.8. The van der Waals surface area contributed by atoms with E-state index in [9.17, 15) is 5.26 Å². The first-order valence-corrected chi connectivity index (χ1v) is 13.0. The Morgan fingerprint density at radius 2 is 1.41 bits per heavy atom. The molecule has 2 heterocycles. The molecule has 0 unspecified atom stereocenters. The minimum atomic E-state index is 0.695. The number of benzene rings is 5. The van der Waals surface area contributed by atoms with E-state index in [0.29, 0.717) is 5.56 Å². The number of hydrogen-bond donors (Lipinski definition) is 0. The Morgan fingerprint density at radius 3 is 2.11 bits per heavy atom. The van der Waals surface area contributed by atoms with Gasteiger partial charge in [0.25, 0.3) is 0 Å². The zero-order valence-electron chi connectivity index (χ0n) is 20.1. The number of hydrogen-bond acceptors (Lipinski definition) is 3. The number of nitriles is 1. The molecule has 3 nitrogen and oxygen atoms in total. The van der Waals surface area contributed by atoms with Crippen molar-refractivity contribution < 1.29 is 0 Å². The molecule has 2 aromatic heterocycles. The van der Waals surface area contributed by atoms with E-state index in [1.807, 2.05) is 18.3 Å². The van der Waals surface area contributed by atoms with E-state index < -0.39 is 0 Å². The van der Waals surface area contributed by atoms with Gasteiger partial charge in [-0.3, -0.25) is 4.99 Å². The van der Waals surface area contributed by atoms with Gasteiger partial charge in [0.15, 0.2) is 0 Å². The maximum Gasteiger partial charge on any atom is 0.0992 e. The molecule has 7 rings (SSSR count). The maximum absolute atomic E-state index is 9.34. The van der Waals surface area contributed by atoms with Gasteiger partial charge in [-0.15, -0.1) is 11.3 Å². The van der Waals surface area contributed by atoms with Crippen LogP contribution in [0, 0.1) is 11.3 Å². The van der Waals surface area contributed by atoms with Crippen molar-refractivity contribution in [3.63, 3.8) is 0 Å². The Labute approximate surface area is 218 Å². The Hall–Kier alpha value is -4.72. The van der Waals surface area contributed by atoms with Gasteiger partial charge in [0, 0.05) is 49.8 Å². The van der Waals surface area contributed by atoms with Crippen LogP contribution >= 0.6 is 11.3 Å². The van der Waals surface area contributed by atoms with Gasteiger partial charge in [0.2, 0.25) is 0 Å². The van der Waals surface area contributed by atoms with Crippen LogP contribution in [0.4, 0.5) is 0 Å². The molecule has 37 heavy (non-hydrogen) atoms. The lowest BCUT2D eigenvalue weighted by atomic mass is 9.99. The van der Waals surface area contributed by atoms with Crippen LogP contribution in [0.5, 0.6) is 0 Å². The minimum Gasteiger partial charge on any atom is -0.309 e. The summed E-state index contributed by atoms with van der Waals surface area (Å²) in [7, 11) is 1.81. The summed E-state index contributed by atoms with van der Waals surface area (Å²) in [4.78, 5) is 4.28. The molecule has 5 aromatic carbocycles. The van der Waals surface area contributed by atoms with Crippen LogP contribution in [-0.2, 0) is 0 Å². The van der Waals surface area contributed by atoms with Crippen molar-refractivity contribution in [2.24, 2.45) is 4.99 Å². The number of para-hydroxylation sites is 2. The first kappa shape index (κ1) is 21.6. The highest BCUT2D eigenvalue weighted by Gasteiger charge is 2.16. The Morgan fingerprint density at radius 1 is 0.730 bits per heavy atom. The average molecular weight is 492 g/mol. The summed E-state index contributed by atoms with van der Waals surface area (Å²) in [6.45, 7) is 0. The first-order valence-electron chi connectivity index (χ1n) is 12.2. The van der Waals surface area contributed by atoms with E-state index in [4.69, 9.17) is 0 Å². The van der Waals surface area contributed by atoms with Crippen molar-refractivity contribution in [2.45, 2.75) is 0 Å². The molecule has 0 saturated carbocycles. The minimum absolute atomic E-state index is 0.695. The standard InChI is InChI=1S/C33H21N3S/c1-35-20-22-11-13-24(23-12-15-28-27-14-10-21(19-34)17-32(27)37-33(28)18-23)31(16-22)36-29-8-4-2-6-25(29)26-7-3-5-9-30(26)36/h2-18,20H,1H3/b35-20-. The molecule has 174 valence electrons. The van der Waals surface area contributed by atoms with Gasteiger partial charge in [-0.2, -0.15) is 5.26 Å². The van der Waals surface area contributed by atoms with Gasteiger partial charge in [-0.05, 0) is 47.5 Å². The van der Waals surface area contributed by atoms with E-state index in [2.05, 4.69) is 107 Å². The lowest BCUT2D eigenvalue weighted by molar-refractivity contribution is 1.18. The van der Waals surface area contributed by atoms with Crippen LogP contribution in [0.1, 0.15) is 11.1 Å². The van der Waals surface area contributed by atoms with E-state index >= 15 is 0 Å². The second-order valence-electron chi connectivity index (χ2n) is 9.17. The molecule has 0 spiro atoms. The van der Waals surface area contributed by atoms with Gasteiger partial charge in [0.1, 0.15) is 0 Å². The van der Waals surface area contributed by atoms with E-state index in [1.165, 1.54) is 37.3 Å². The molecule has 0 amide bonds. The van der Waals surface area contributed by atoms with E-state index in [-0.39, 0.29) is 0 Å². The molecule has 0 atom stereocenters. The Balaban J connectivity index is 1.52. The molecule has 0 aliphatic rings. The molecule has 7 aromatic rings. The summed E-state index contributed by atoms with van der Waals surface area (Å²) in [6.07, 6.45) is 1.91. The fraction of sp³-hybridized carbons (Fsp3) is 0.0303. The molecular formula is C33H21N3S. The fourth-order valence-corrected chi connectivity index (χ4v) is 6.59. The predicted octanol–water partition coefficient (Wildman–Crippen LogP) is 8.74. The van der Waals surface area contributed by atoms with Crippen LogP contribution in [0.2, 0.25) is 0 Å². The van der Waals surface area contributed by atoms with Crippen molar-refractivity contribution in [3.8, 4) is 22.9 Å². The predicted molar refractivity (Wildman–Crippen MR) is 157 cm³/mol. The second-order valence-corrected chi connectivity index (χ2v) is 10.3. The molecule has 0 bridgehead atoms. The van der Waals surface area contributed by atoms with Crippen LogP contribution in [0.15, 0.2) is 108 Å². The zero-order chi connectivity index (χ0) is 24.9. The van der Waals surface area contributed by atoms with Gasteiger partial charge >= 0.3 is 0 Å². The van der Waals surface area contributed by atoms with Crippen molar-refractivity contribution in [3.05, 3.63) is 114 Å². The zero-order valence-corrected chi connectivity index (χ0v) is 21.0. The Kier molecular flexibility index (Phi) is 4.92. The molecule has 4 heteroatoms. The summed E-state index contributed by atoms with van der Waals surface area (Å²) in [6, 6.07) is 38.7. The number of aliphatic imine (C=N–C) groups is 1. The second kappa shape index (κ2) is 8.44. The van der Waals surface area contributed by atoms with Crippen molar-refractivity contribution in [1.29, 1.82) is 5.26 Å². The maximum atomic E-state index is 9.34. The molecule has 0 radical (unpaired) electrons. The quantitative estimate of drug-likeness (QED) is 0.228. The highest BCUT2D eigenvalue weighted by Crippen LogP contribution is 2.40. The molecule has 0 fully saturated rings. The highest BCUT2D eigenvalue weighted by atomic mass is 32.1. The summed E-state index contributed by atoms with van der Waals surface area (Å²) in [5.74, 6) is 0. The van der Waals surface area contributed by atoms with Crippen molar-refractivity contribution in [1.82, 2.24) is 4.57 Å². The summed E-state index contributed by atoms with van der Waals surface area (Å²) < 4.78 is 4.74. The Bertz CT molecular complexity index is 2010. The van der Waals surface area contributed by atoms with Crippen LogP contribution in [-0.4, -0.2) is 17.8 Å². The first-order chi connectivity index (χ1) is 18.2. The largest absolute Gasteiger partial charge is 0.309 e. The number of rotatable bonds is 3. The van der Waals surface area contributed by atoms with Gasteiger partial charge < -0.3 is 4.57 Å². The van der Waals surface area contributed by atoms with Crippen LogP contribution in [0.25, 0.3) is 58.8 Å². The lowest BCUT2D eigenvalue weighted by Gasteiger charge is -2.15. The third-order valence-electron chi connectivity index (χ3n) is 7.03. The smallest absolute Gasteiger partial charge is 0.0992 e.